The lowest BCUT2D eigenvalue weighted by Gasteiger charge is -2.29. The second-order valence-electron chi connectivity index (χ2n) is 6.38. The lowest BCUT2D eigenvalue weighted by molar-refractivity contribution is -0.120. The molecule has 146 valence electrons. The predicted molar refractivity (Wildman–Crippen MR) is 110 cm³/mol. The largest absolute Gasteiger partial charge is 0.300 e. The summed E-state index contributed by atoms with van der Waals surface area (Å²) < 4.78 is 26.9. The zero-order chi connectivity index (χ0) is 19.6. The van der Waals surface area contributed by atoms with E-state index >= 15 is 0 Å². The van der Waals surface area contributed by atoms with E-state index in [9.17, 15) is 13.2 Å². The summed E-state index contributed by atoms with van der Waals surface area (Å²) in [4.78, 5) is 12.6. The van der Waals surface area contributed by atoms with Gasteiger partial charge < -0.3 is 5.32 Å². The Kier molecular flexibility index (Phi) is 5.54. The maximum Gasteiger partial charge on any atom is 0.252 e. The maximum atomic E-state index is 12.6. The molecule has 4 rings (SSSR count). The summed E-state index contributed by atoms with van der Waals surface area (Å²) in [6.45, 7) is 0.674. The van der Waals surface area contributed by atoms with Crippen LogP contribution in [-0.2, 0) is 14.8 Å². The topological polar surface area (TPSA) is 92.3 Å². The minimum Gasteiger partial charge on any atom is -0.300 e. The van der Waals surface area contributed by atoms with Gasteiger partial charge in [0.05, 0.1) is 0 Å². The lowest BCUT2D eigenvalue weighted by Crippen LogP contribution is -2.41. The molecular weight excluding hydrogens is 416 g/mol. The van der Waals surface area contributed by atoms with Gasteiger partial charge in [0.15, 0.2) is 0 Å². The number of nitrogens with one attached hydrogen (secondary N) is 1. The van der Waals surface area contributed by atoms with Crippen molar-refractivity contribution in [2.24, 2.45) is 5.92 Å². The van der Waals surface area contributed by atoms with Crippen LogP contribution in [0.3, 0.4) is 0 Å². The first-order valence-electron chi connectivity index (χ1n) is 8.77. The van der Waals surface area contributed by atoms with Gasteiger partial charge in [0.25, 0.3) is 10.0 Å². The number of piperidine rings is 1. The highest BCUT2D eigenvalue weighted by Gasteiger charge is 2.32. The number of benzene rings is 1. The Morgan fingerprint density at radius 3 is 2.50 bits per heavy atom. The van der Waals surface area contributed by atoms with Gasteiger partial charge in [0.2, 0.25) is 11.0 Å². The molecule has 1 aliphatic heterocycles. The molecule has 2 aromatic heterocycles. The zero-order valence-corrected chi connectivity index (χ0v) is 17.3. The van der Waals surface area contributed by atoms with Gasteiger partial charge >= 0.3 is 0 Å². The molecule has 0 radical (unpaired) electrons. The van der Waals surface area contributed by atoms with E-state index in [2.05, 4.69) is 15.5 Å². The SMILES string of the molecule is O=C(Nc1nnc(-c2ccccc2)s1)C1CCN(S(=O)(=O)c2cccs2)CC1. The molecule has 1 amide bonds. The first-order chi connectivity index (χ1) is 13.5. The number of rotatable bonds is 5. The number of nitrogens with zero attached hydrogens (tertiary/aromatic N) is 3. The van der Waals surface area contributed by atoms with Gasteiger partial charge in [-0.05, 0) is 24.3 Å². The molecule has 0 spiro atoms. The van der Waals surface area contributed by atoms with Crippen molar-refractivity contribution in [3.05, 3.63) is 47.8 Å². The van der Waals surface area contributed by atoms with Crippen LogP contribution in [0.15, 0.2) is 52.1 Å². The van der Waals surface area contributed by atoms with Crippen molar-refractivity contribution in [2.45, 2.75) is 17.1 Å². The fourth-order valence-corrected chi connectivity index (χ4v) is 6.44. The lowest BCUT2D eigenvalue weighted by atomic mass is 9.97. The third-order valence-electron chi connectivity index (χ3n) is 4.59. The first-order valence-corrected chi connectivity index (χ1v) is 11.9. The van der Waals surface area contributed by atoms with Gasteiger partial charge in [-0.3, -0.25) is 4.79 Å². The minimum atomic E-state index is -3.45. The van der Waals surface area contributed by atoms with E-state index in [-0.39, 0.29) is 11.8 Å². The number of carbonyl (C=O) groups excluding carboxylic acids is 1. The molecule has 3 heterocycles. The molecule has 0 unspecified atom stereocenters. The van der Waals surface area contributed by atoms with Gasteiger partial charge in [0.1, 0.15) is 9.22 Å². The van der Waals surface area contributed by atoms with Gasteiger partial charge in [-0.15, -0.1) is 21.5 Å². The number of thiophene rings is 1. The van der Waals surface area contributed by atoms with Gasteiger partial charge in [-0.1, -0.05) is 47.7 Å². The van der Waals surface area contributed by atoms with E-state index in [1.807, 2.05) is 30.3 Å². The molecule has 1 saturated heterocycles. The van der Waals surface area contributed by atoms with Gasteiger partial charge in [0, 0.05) is 24.6 Å². The number of sulfonamides is 1. The zero-order valence-electron chi connectivity index (χ0n) is 14.8. The van der Waals surface area contributed by atoms with Crippen LogP contribution in [0.5, 0.6) is 0 Å². The highest BCUT2D eigenvalue weighted by Crippen LogP contribution is 2.29. The molecule has 0 bridgehead atoms. The van der Waals surface area contributed by atoms with Crippen molar-refractivity contribution in [1.82, 2.24) is 14.5 Å². The molecule has 1 aromatic carbocycles. The number of anilines is 1. The van der Waals surface area contributed by atoms with Crippen molar-refractivity contribution >= 4 is 43.7 Å². The molecule has 1 fully saturated rings. The average molecular weight is 435 g/mol. The fraction of sp³-hybridized carbons (Fsp3) is 0.278. The Balaban J connectivity index is 1.35. The quantitative estimate of drug-likeness (QED) is 0.665. The summed E-state index contributed by atoms with van der Waals surface area (Å²) in [5.74, 6) is -0.372. The van der Waals surface area contributed by atoms with Gasteiger partial charge in [-0.2, -0.15) is 4.31 Å². The van der Waals surface area contributed by atoms with Gasteiger partial charge in [-0.25, -0.2) is 8.42 Å². The van der Waals surface area contributed by atoms with Crippen LogP contribution < -0.4 is 5.32 Å². The summed E-state index contributed by atoms with van der Waals surface area (Å²) >= 11 is 2.53. The maximum absolute atomic E-state index is 12.6. The van der Waals surface area contributed by atoms with Crippen LogP contribution in [-0.4, -0.2) is 41.9 Å². The monoisotopic (exact) mass is 434 g/mol. The Morgan fingerprint density at radius 2 is 1.82 bits per heavy atom. The second kappa shape index (κ2) is 8.08. The van der Waals surface area contributed by atoms with Crippen LogP contribution in [0.2, 0.25) is 0 Å². The van der Waals surface area contributed by atoms with Crippen molar-refractivity contribution in [1.29, 1.82) is 0 Å². The smallest absolute Gasteiger partial charge is 0.252 e. The number of hydrogen-bond donors (Lipinski definition) is 1. The average Bonchev–Trinajstić information content (AvgIpc) is 3.41. The minimum absolute atomic E-state index is 0.135. The third-order valence-corrected chi connectivity index (χ3v) is 8.75. The fourth-order valence-electron chi connectivity index (χ4n) is 3.07. The molecule has 3 aromatic rings. The molecule has 0 atom stereocenters. The number of hydrogen-bond acceptors (Lipinski definition) is 7. The Bertz CT molecular complexity index is 1040. The molecule has 7 nitrogen and oxygen atoms in total. The highest BCUT2D eigenvalue weighted by molar-refractivity contribution is 7.91. The Hall–Kier alpha value is -2.14. The van der Waals surface area contributed by atoms with E-state index in [4.69, 9.17) is 0 Å². The molecule has 28 heavy (non-hydrogen) atoms. The van der Waals surface area contributed by atoms with E-state index in [0.29, 0.717) is 35.3 Å². The summed E-state index contributed by atoms with van der Waals surface area (Å²) in [6.07, 6.45) is 0.974. The number of aromatic nitrogens is 2. The molecule has 0 saturated carbocycles. The van der Waals surface area contributed by atoms with E-state index < -0.39 is 10.0 Å². The van der Waals surface area contributed by atoms with Crippen LogP contribution in [0.4, 0.5) is 5.13 Å². The van der Waals surface area contributed by atoms with Crippen LogP contribution >= 0.6 is 22.7 Å². The number of carbonyl (C=O) groups is 1. The van der Waals surface area contributed by atoms with Crippen LogP contribution in [0.25, 0.3) is 10.6 Å². The summed E-state index contributed by atoms with van der Waals surface area (Å²) in [7, 11) is -3.45. The molecule has 0 aliphatic carbocycles. The normalized spacial score (nSPS) is 16.1. The highest BCUT2D eigenvalue weighted by atomic mass is 32.2. The summed E-state index contributed by atoms with van der Waals surface area (Å²) in [5, 5.41) is 13.9. The Labute approximate surface area is 171 Å². The van der Waals surface area contributed by atoms with Crippen LogP contribution in [0, 0.1) is 5.92 Å². The van der Waals surface area contributed by atoms with Crippen LogP contribution in [0.1, 0.15) is 12.8 Å². The Morgan fingerprint density at radius 1 is 1.07 bits per heavy atom. The summed E-state index contributed by atoms with van der Waals surface area (Å²) in [6, 6.07) is 13.0. The second-order valence-corrected chi connectivity index (χ2v) is 10.5. The molecule has 10 heteroatoms. The van der Waals surface area contributed by atoms with Crippen molar-refractivity contribution in [3.63, 3.8) is 0 Å². The standard InChI is InChI=1S/C18H18N4O3S3/c23-16(19-18-21-20-17(27-18)14-5-2-1-3-6-14)13-8-10-22(11-9-13)28(24,25)15-7-4-12-26-15/h1-7,12-13H,8-11H2,(H,19,21,23). The predicted octanol–water partition coefficient (Wildman–Crippen LogP) is 3.31. The molecule has 1 aliphatic rings. The van der Waals surface area contributed by atoms with E-state index in [1.165, 1.54) is 27.0 Å². The summed E-state index contributed by atoms with van der Waals surface area (Å²) in [5.41, 5.74) is 0.951. The van der Waals surface area contributed by atoms with E-state index in [0.717, 1.165) is 10.6 Å². The van der Waals surface area contributed by atoms with Crippen molar-refractivity contribution in [2.75, 3.05) is 18.4 Å². The third kappa shape index (κ3) is 4.00. The number of amides is 1. The molecular formula is C18H18N4O3S3. The molecule has 1 N–H and O–H groups in total. The van der Waals surface area contributed by atoms with Crippen molar-refractivity contribution < 1.29 is 13.2 Å². The van der Waals surface area contributed by atoms with Crippen molar-refractivity contribution in [3.8, 4) is 10.6 Å². The first kappa shape index (κ1) is 19.2. The van der Waals surface area contributed by atoms with E-state index in [1.54, 1.807) is 17.5 Å².